The Bertz CT molecular complexity index is 867. The quantitative estimate of drug-likeness (QED) is 0.839. The van der Waals surface area contributed by atoms with Gasteiger partial charge in [-0.1, -0.05) is 0 Å². The predicted molar refractivity (Wildman–Crippen MR) is 96.7 cm³/mol. The monoisotopic (exact) mass is 376 g/mol. The molecule has 0 saturated carbocycles. The van der Waals surface area contributed by atoms with Crippen LogP contribution in [0.2, 0.25) is 0 Å². The van der Waals surface area contributed by atoms with Gasteiger partial charge in [0, 0.05) is 31.0 Å². The maximum Gasteiger partial charge on any atom is 0.230 e. The molecule has 2 aromatic rings. The summed E-state index contributed by atoms with van der Waals surface area (Å²) in [6.45, 7) is 1.98. The van der Waals surface area contributed by atoms with E-state index in [0.29, 0.717) is 29.5 Å². The van der Waals surface area contributed by atoms with Crippen LogP contribution in [0.4, 0.5) is 20.9 Å². The number of benzene rings is 1. The van der Waals surface area contributed by atoms with Crippen molar-refractivity contribution in [2.75, 3.05) is 22.1 Å². The molecule has 0 unspecified atom stereocenters. The van der Waals surface area contributed by atoms with Crippen molar-refractivity contribution in [2.24, 2.45) is 0 Å². The molecule has 0 radical (unpaired) electrons. The van der Waals surface area contributed by atoms with Crippen molar-refractivity contribution in [2.45, 2.75) is 26.2 Å². The minimum Gasteiger partial charge on any atom is -0.326 e. The first kappa shape index (κ1) is 18.0. The molecule has 3 rings (SSSR count). The van der Waals surface area contributed by atoms with E-state index < -0.39 is 11.7 Å². The van der Waals surface area contributed by atoms with E-state index in [1.54, 1.807) is 10.3 Å². The van der Waals surface area contributed by atoms with Crippen molar-refractivity contribution in [3.05, 3.63) is 35.1 Å². The third-order valence-corrected chi connectivity index (χ3v) is 4.66. The molecule has 0 bridgehead atoms. The fourth-order valence-corrected chi connectivity index (χ4v) is 3.48. The van der Waals surface area contributed by atoms with Crippen LogP contribution in [0.15, 0.2) is 23.6 Å². The Hall–Kier alpha value is -2.81. The summed E-state index contributed by atoms with van der Waals surface area (Å²) in [6, 6.07) is 3.93. The Morgan fingerprint density at radius 3 is 2.85 bits per heavy atom. The maximum absolute atomic E-state index is 13.9. The molecular formula is C17H17FN4O3S. The largest absolute Gasteiger partial charge is 0.326 e. The highest BCUT2D eigenvalue weighted by Gasteiger charge is 2.24. The van der Waals surface area contributed by atoms with Gasteiger partial charge < -0.3 is 10.6 Å². The van der Waals surface area contributed by atoms with Crippen LogP contribution in [0, 0.1) is 5.82 Å². The lowest BCUT2D eigenvalue weighted by Gasteiger charge is -2.10. The number of hydrogen-bond acceptors (Lipinski definition) is 5. The normalized spacial score (nSPS) is 13.8. The summed E-state index contributed by atoms with van der Waals surface area (Å²) in [5.41, 5.74) is 0.879. The van der Waals surface area contributed by atoms with Crippen molar-refractivity contribution in [3.8, 4) is 0 Å². The van der Waals surface area contributed by atoms with Gasteiger partial charge in [0.2, 0.25) is 17.7 Å². The third-order valence-electron chi connectivity index (χ3n) is 3.75. The van der Waals surface area contributed by atoms with Crippen LogP contribution < -0.4 is 15.5 Å². The van der Waals surface area contributed by atoms with Gasteiger partial charge in [-0.25, -0.2) is 9.37 Å². The molecule has 0 spiro atoms. The van der Waals surface area contributed by atoms with E-state index in [1.807, 2.05) is 0 Å². The number of nitrogens with one attached hydrogen (secondary N) is 2. The lowest BCUT2D eigenvalue weighted by Crippen LogP contribution is -2.23. The Morgan fingerprint density at radius 2 is 2.15 bits per heavy atom. The van der Waals surface area contributed by atoms with E-state index in [9.17, 15) is 18.8 Å². The number of rotatable bonds is 5. The van der Waals surface area contributed by atoms with Gasteiger partial charge in [-0.05, 0) is 24.6 Å². The highest BCUT2D eigenvalue weighted by molar-refractivity contribution is 7.14. The standard InChI is InChI=1S/C17H17FN4O3S/c1-10(23)19-11-4-5-13(18)14(7-11)21-15(24)8-12-9-26-17(20-12)22-6-2-3-16(22)25/h4-5,7,9H,2-3,6,8H2,1H3,(H,19,23)(H,21,24). The number of thiazole rings is 1. The van der Waals surface area contributed by atoms with Crippen LogP contribution in [0.3, 0.4) is 0 Å². The fraction of sp³-hybridized carbons (Fsp3) is 0.294. The molecule has 136 valence electrons. The summed E-state index contributed by atoms with van der Waals surface area (Å²) in [6.07, 6.45) is 1.28. The number of nitrogens with zero attached hydrogens (tertiary/aromatic N) is 2. The summed E-state index contributed by atoms with van der Waals surface area (Å²) < 4.78 is 13.9. The smallest absolute Gasteiger partial charge is 0.230 e. The first-order chi connectivity index (χ1) is 12.4. The van der Waals surface area contributed by atoms with Gasteiger partial charge in [0.1, 0.15) is 5.82 Å². The van der Waals surface area contributed by atoms with Crippen molar-refractivity contribution in [1.82, 2.24) is 4.98 Å². The van der Waals surface area contributed by atoms with Crippen LogP contribution in [0.25, 0.3) is 0 Å². The lowest BCUT2D eigenvalue weighted by atomic mass is 10.2. The molecule has 7 nitrogen and oxygen atoms in total. The van der Waals surface area contributed by atoms with Crippen molar-refractivity contribution < 1.29 is 18.8 Å². The number of hydrogen-bond donors (Lipinski definition) is 2. The van der Waals surface area contributed by atoms with E-state index in [4.69, 9.17) is 0 Å². The molecule has 0 atom stereocenters. The number of anilines is 3. The molecule has 1 aliphatic heterocycles. The first-order valence-corrected chi connectivity index (χ1v) is 8.92. The number of halogens is 1. The Morgan fingerprint density at radius 1 is 1.35 bits per heavy atom. The predicted octanol–water partition coefficient (Wildman–Crippen LogP) is 2.55. The topological polar surface area (TPSA) is 91.4 Å². The van der Waals surface area contributed by atoms with E-state index in [-0.39, 0.29) is 23.9 Å². The average molecular weight is 376 g/mol. The van der Waals surface area contributed by atoms with Gasteiger partial charge in [-0.15, -0.1) is 11.3 Å². The SMILES string of the molecule is CC(=O)Nc1ccc(F)c(NC(=O)Cc2csc(N3CCCC3=O)n2)c1. The fourth-order valence-electron chi connectivity index (χ4n) is 2.61. The highest BCUT2D eigenvalue weighted by Crippen LogP contribution is 2.26. The molecule has 26 heavy (non-hydrogen) atoms. The van der Waals surface area contributed by atoms with Gasteiger partial charge in [0.15, 0.2) is 5.13 Å². The molecule has 1 aromatic carbocycles. The Labute approximate surface area is 153 Å². The van der Waals surface area contributed by atoms with Gasteiger partial charge in [0.25, 0.3) is 0 Å². The maximum atomic E-state index is 13.9. The number of carbonyl (C=O) groups excluding carboxylic acids is 3. The second kappa shape index (κ2) is 7.61. The summed E-state index contributed by atoms with van der Waals surface area (Å²) >= 11 is 1.30. The van der Waals surface area contributed by atoms with Crippen LogP contribution in [-0.2, 0) is 20.8 Å². The second-order valence-corrected chi connectivity index (χ2v) is 6.71. The minimum absolute atomic E-state index is 0.0218. The molecule has 1 aromatic heterocycles. The molecule has 1 aliphatic rings. The zero-order valence-corrected chi connectivity index (χ0v) is 14.9. The van der Waals surface area contributed by atoms with E-state index in [1.165, 1.54) is 36.5 Å². The summed E-state index contributed by atoms with van der Waals surface area (Å²) in [5, 5.41) is 7.30. The molecule has 2 heterocycles. The average Bonchev–Trinajstić information content (AvgIpc) is 3.18. The van der Waals surface area contributed by atoms with E-state index >= 15 is 0 Å². The zero-order chi connectivity index (χ0) is 18.7. The van der Waals surface area contributed by atoms with Crippen molar-refractivity contribution in [1.29, 1.82) is 0 Å². The van der Waals surface area contributed by atoms with Gasteiger partial charge >= 0.3 is 0 Å². The first-order valence-electron chi connectivity index (χ1n) is 8.04. The summed E-state index contributed by atoms with van der Waals surface area (Å²) in [4.78, 5) is 40.9. The molecule has 1 saturated heterocycles. The highest BCUT2D eigenvalue weighted by atomic mass is 32.1. The molecule has 2 N–H and O–H groups in total. The molecule has 3 amide bonds. The summed E-state index contributed by atoms with van der Waals surface area (Å²) in [5.74, 6) is -1.30. The summed E-state index contributed by atoms with van der Waals surface area (Å²) in [7, 11) is 0. The van der Waals surface area contributed by atoms with Crippen LogP contribution >= 0.6 is 11.3 Å². The third kappa shape index (κ3) is 4.23. The van der Waals surface area contributed by atoms with Crippen LogP contribution in [0.1, 0.15) is 25.5 Å². The second-order valence-electron chi connectivity index (χ2n) is 5.87. The lowest BCUT2D eigenvalue weighted by molar-refractivity contribution is -0.117. The molecule has 1 fully saturated rings. The zero-order valence-electron chi connectivity index (χ0n) is 14.0. The molecule has 9 heteroatoms. The van der Waals surface area contributed by atoms with Gasteiger partial charge in [0.05, 0.1) is 17.8 Å². The van der Waals surface area contributed by atoms with E-state index in [2.05, 4.69) is 15.6 Å². The molecular weight excluding hydrogens is 359 g/mol. The van der Waals surface area contributed by atoms with Gasteiger partial charge in [-0.2, -0.15) is 0 Å². The Balaban J connectivity index is 1.65. The van der Waals surface area contributed by atoms with Crippen molar-refractivity contribution in [3.63, 3.8) is 0 Å². The Kier molecular flexibility index (Phi) is 5.27. The number of carbonyl (C=O) groups is 3. The van der Waals surface area contributed by atoms with Gasteiger partial charge in [-0.3, -0.25) is 19.3 Å². The number of aromatic nitrogens is 1. The van der Waals surface area contributed by atoms with Crippen LogP contribution in [-0.4, -0.2) is 29.3 Å². The minimum atomic E-state index is -0.603. The van der Waals surface area contributed by atoms with Crippen LogP contribution in [0.5, 0.6) is 0 Å². The van der Waals surface area contributed by atoms with Crippen molar-refractivity contribution >= 4 is 45.6 Å². The molecule has 0 aliphatic carbocycles. The van der Waals surface area contributed by atoms with E-state index in [0.717, 1.165) is 6.42 Å². The number of amides is 3.